The average molecular weight is 265 g/mol. The molecule has 3 N–H and O–H groups in total. The van der Waals surface area contributed by atoms with Gasteiger partial charge >= 0.3 is 0 Å². The molecule has 0 fully saturated rings. The van der Waals surface area contributed by atoms with Crippen molar-refractivity contribution in [2.24, 2.45) is 5.73 Å². The minimum absolute atomic E-state index is 0.265. The van der Waals surface area contributed by atoms with Gasteiger partial charge in [-0.05, 0) is 24.6 Å². The number of hydrogen-bond acceptors (Lipinski definition) is 5. The summed E-state index contributed by atoms with van der Waals surface area (Å²) in [6.45, 7) is 2.07. The van der Waals surface area contributed by atoms with E-state index in [4.69, 9.17) is 15.4 Å². The molecule has 2 aromatic rings. The third-order valence-electron chi connectivity index (χ3n) is 2.83. The molecule has 19 heavy (non-hydrogen) atoms. The maximum atomic E-state index is 13.2. The summed E-state index contributed by atoms with van der Waals surface area (Å²) in [6, 6.07) is 3.62. The quantitative estimate of drug-likeness (QED) is 0.868. The van der Waals surface area contributed by atoms with Crippen molar-refractivity contribution in [3.8, 4) is 17.1 Å². The number of aromatic nitrogens is 2. The first-order valence-corrected chi connectivity index (χ1v) is 6.20. The second-order valence-corrected chi connectivity index (χ2v) is 4.37. The molecule has 102 valence electrons. The normalized spacial score (nSPS) is 12.6. The second-order valence-electron chi connectivity index (χ2n) is 4.37. The van der Waals surface area contributed by atoms with Gasteiger partial charge in [0.15, 0.2) is 11.6 Å². The van der Waals surface area contributed by atoms with E-state index in [1.165, 1.54) is 12.1 Å². The topological polar surface area (TPSA) is 85.2 Å². The van der Waals surface area contributed by atoms with Crippen LogP contribution in [0.15, 0.2) is 22.7 Å². The van der Waals surface area contributed by atoms with Gasteiger partial charge in [0.1, 0.15) is 0 Å². The smallest absolute Gasteiger partial charge is 0.243 e. The van der Waals surface area contributed by atoms with Crippen LogP contribution in [0.4, 0.5) is 4.39 Å². The Morgan fingerprint density at radius 2 is 2.26 bits per heavy atom. The first-order chi connectivity index (χ1) is 9.11. The average Bonchev–Trinajstić information content (AvgIpc) is 2.89. The van der Waals surface area contributed by atoms with Crippen LogP contribution in [0.3, 0.4) is 0 Å². The zero-order chi connectivity index (χ0) is 13.8. The van der Waals surface area contributed by atoms with Crippen molar-refractivity contribution in [3.05, 3.63) is 29.9 Å². The molecule has 5 nitrogen and oxygen atoms in total. The molecule has 0 saturated heterocycles. The summed E-state index contributed by atoms with van der Waals surface area (Å²) in [5, 5.41) is 12.9. The van der Waals surface area contributed by atoms with Crippen molar-refractivity contribution in [3.63, 3.8) is 0 Å². The van der Waals surface area contributed by atoms with Crippen LogP contribution in [0.5, 0.6) is 5.75 Å². The van der Waals surface area contributed by atoms with Crippen molar-refractivity contribution in [1.82, 2.24) is 10.1 Å². The number of unbranched alkanes of at least 4 members (excludes halogenated alkanes) is 1. The lowest BCUT2D eigenvalue weighted by Gasteiger charge is -2.03. The molecule has 1 aromatic heterocycles. The lowest BCUT2D eigenvalue weighted by Crippen LogP contribution is -2.10. The maximum Gasteiger partial charge on any atom is 0.243 e. The Bertz CT molecular complexity index is 557. The van der Waals surface area contributed by atoms with E-state index in [0.717, 1.165) is 25.3 Å². The van der Waals surface area contributed by atoms with Crippen LogP contribution in [0.1, 0.15) is 38.1 Å². The highest BCUT2D eigenvalue weighted by atomic mass is 19.1. The molecule has 1 heterocycles. The van der Waals surface area contributed by atoms with Gasteiger partial charge in [-0.2, -0.15) is 4.98 Å². The molecule has 1 atom stereocenters. The van der Waals surface area contributed by atoms with Gasteiger partial charge in [0, 0.05) is 5.56 Å². The van der Waals surface area contributed by atoms with Crippen LogP contribution in [-0.4, -0.2) is 15.2 Å². The molecule has 0 amide bonds. The molecular weight excluding hydrogens is 249 g/mol. The number of hydrogen-bond donors (Lipinski definition) is 2. The highest BCUT2D eigenvalue weighted by molar-refractivity contribution is 5.55. The van der Waals surface area contributed by atoms with Crippen molar-refractivity contribution in [2.45, 2.75) is 32.2 Å². The van der Waals surface area contributed by atoms with Crippen LogP contribution in [0, 0.1) is 5.82 Å². The summed E-state index contributed by atoms with van der Waals surface area (Å²) in [5.74, 6) is -0.524. The van der Waals surface area contributed by atoms with Gasteiger partial charge in [-0.15, -0.1) is 0 Å². The highest BCUT2D eigenvalue weighted by Crippen LogP contribution is 2.24. The molecule has 0 spiro atoms. The fraction of sp³-hybridized carbons (Fsp3) is 0.385. The predicted molar refractivity (Wildman–Crippen MR) is 67.8 cm³/mol. The lowest BCUT2D eigenvalue weighted by atomic mass is 10.1. The number of phenolic OH excluding ortho intramolecular Hbond substituents is 1. The summed E-state index contributed by atoms with van der Waals surface area (Å²) < 4.78 is 18.3. The van der Waals surface area contributed by atoms with Crippen molar-refractivity contribution < 1.29 is 14.0 Å². The zero-order valence-corrected chi connectivity index (χ0v) is 10.6. The Balaban J connectivity index is 2.18. The van der Waals surface area contributed by atoms with E-state index in [9.17, 15) is 4.39 Å². The number of nitrogens with zero attached hydrogens (tertiary/aromatic N) is 2. The minimum atomic E-state index is -0.723. The van der Waals surface area contributed by atoms with Gasteiger partial charge in [0.2, 0.25) is 11.7 Å². The number of phenols is 1. The first kappa shape index (κ1) is 13.5. The number of nitrogens with two attached hydrogens (primary N) is 1. The molecule has 0 bridgehead atoms. The van der Waals surface area contributed by atoms with E-state index in [1.54, 1.807) is 0 Å². The van der Waals surface area contributed by atoms with E-state index >= 15 is 0 Å². The Hall–Kier alpha value is -1.95. The first-order valence-electron chi connectivity index (χ1n) is 6.20. The summed E-state index contributed by atoms with van der Waals surface area (Å²) in [6.07, 6.45) is 2.78. The van der Waals surface area contributed by atoms with Gasteiger partial charge in [0.05, 0.1) is 6.04 Å². The van der Waals surface area contributed by atoms with Crippen molar-refractivity contribution >= 4 is 0 Å². The Morgan fingerprint density at radius 3 is 2.95 bits per heavy atom. The molecule has 0 aliphatic rings. The Morgan fingerprint density at radius 1 is 1.47 bits per heavy atom. The van der Waals surface area contributed by atoms with Crippen LogP contribution in [-0.2, 0) is 0 Å². The molecule has 0 radical (unpaired) electrons. The van der Waals surface area contributed by atoms with E-state index in [1.807, 2.05) is 0 Å². The highest BCUT2D eigenvalue weighted by Gasteiger charge is 2.16. The van der Waals surface area contributed by atoms with Crippen LogP contribution in [0.25, 0.3) is 11.4 Å². The van der Waals surface area contributed by atoms with Gasteiger partial charge in [-0.1, -0.05) is 24.9 Å². The predicted octanol–water partition coefficient (Wildman–Crippen LogP) is 2.77. The number of aromatic hydroxyl groups is 1. The third-order valence-corrected chi connectivity index (χ3v) is 2.83. The molecule has 0 saturated carbocycles. The lowest BCUT2D eigenvalue weighted by molar-refractivity contribution is 0.346. The largest absolute Gasteiger partial charge is 0.505 e. The number of benzene rings is 1. The Kier molecular flexibility index (Phi) is 4.11. The Labute approximate surface area is 110 Å². The number of halogens is 1. The molecule has 0 unspecified atom stereocenters. The summed E-state index contributed by atoms with van der Waals surface area (Å²) in [7, 11) is 0. The molecular formula is C13H16FN3O2. The molecule has 0 aliphatic carbocycles. The van der Waals surface area contributed by atoms with Gasteiger partial charge < -0.3 is 15.4 Å². The standard InChI is InChI=1S/C13H16FN3O2/c1-2-3-4-10(15)13-16-12(17-19-13)8-5-6-11(18)9(14)7-8/h5-7,10,18H,2-4,15H2,1H3/t10-/m0/s1. The molecule has 1 aromatic carbocycles. The summed E-state index contributed by atoms with van der Waals surface area (Å²) in [4.78, 5) is 4.15. The SMILES string of the molecule is CCCC[C@H](N)c1nc(-c2ccc(O)c(F)c2)no1. The number of rotatable bonds is 5. The monoisotopic (exact) mass is 265 g/mol. The van der Waals surface area contributed by atoms with Crippen molar-refractivity contribution in [1.29, 1.82) is 0 Å². The van der Waals surface area contributed by atoms with Crippen LogP contribution in [0.2, 0.25) is 0 Å². The van der Waals surface area contributed by atoms with Crippen LogP contribution >= 0.6 is 0 Å². The maximum absolute atomic E-state index is 13.2. The summed E-state index contributed by atoms with van der Waals surface area (Å²) in [5.41, 5.74) is 6.35. The van der Waals surface area contributed by atoms with Crippen molar-refractivity contribution in [2.75, 3.05) is 0 Å². The fourth-order valence-electron chi connectivity index (χ4n) is 1.70. The van der Waals surface area contributed by atoms with Gasteiger partial charge in [-0.25, -0.2) is 4.39 Å². The van der Waals surface area contributed by atoms with E-state index in [0.29, 0.717) is 11.5 Å². The fourth-order valence-corrected chi connectivity index (χ4v) is 1.70. The second kappa shape index (κ2) is 5.79. The minimum Gasteiger partial charge on any atom is -0.505 e. The van der Waals surface area contributed by atoms with Gasteiger partial charge in [-0.3, -0.25) is 0 Å². The van der Waals surface area contributed by atoms with E-state index < -0.39 is 11.6 Å². The third kappa shape index (κ3) is 3.08. The summed E-state index contributed by atoms with van der Waals surface area (Å²) >= 11 is 0. The molecule has 2 rings (SSSR count). The zero-order valence-electron chi connectivity index (χ0n) is 10.6. The van der Waals surface area contributed by atoms with Gasteiger partial charge in [0.25, 0.3) is 0 Å². The van der Waals surface area contributed by atoms with E-state index in [2.05, 4.69) is 17.1 Å². The molecule has 0 aliphatic heterocycles. The van der Waals surface area contributed by atoms with E-state index in [-0.39, 0.29) is 11.9 Å². The van der Waals surface area contributed by atoms with Crippen LogP contribution < -0.4 is 5.73 Å². The molecule has 6 heteroatoms.